The van der Waals surface area contributed by atoms with Crippen molar-refractivity contribution in [3.8, 4) is 22.8 Å². The fraction of sp³-hybridized carbons (Fsp3) is 0.500. The molecule has 1 atom stereocenters. The first kappa shape index (κ1) is 31.9. The minimum absolute atomic E-state index is 0.00946. The van der Waals surface area contributed by atoms with Gasteiger partial charge in [-0.3, -0.25) is 4.79 Å². The van der Waals surface area contributed by atoms with Gasteiger partial charge >= 0.3 is 12.2 Å². The van der Waals surface area contributed by atoms with Gasteiger partial charge < -0.3 is 23.8 Å². The molecule has 0 aliphatic carbocycles. The first-order valence-electron chi connectivity index (χ1n) is 14.7. The van der Waals surface area contributed by atoms with E-state index in [0.717, 1.165) is 22.1 Å². The number of carbonyl (C=O) groups excluding carboxylic acids is 3. The highest BCUT2D eigenvalue weighted by Crippen LogP contribution is 2.43. The van der Waals surface area contributed by atoms with E-state index in [1.54, 1.807) is 39.6 Å². The second-order valence-corrected chi connectivity index (χ2v) is 13.3. The molecule has 1 amide bonds. The lowest BCUT2D eigenvalue weighted by atomic mass is 9.86. The van der Waals surface area contributed by atoms with Gasteiger partial charge in [0.15, 0.2) is 17.3 Å². The van der Waals surface area contributed by atoms with Crippen molar-refractivity contribution >= 4 is 28.9 Å². The molecule has 9 nitrogen and oxygen atoms in total. The van der Waals surface area contributed by atoms with Crippen molar-refractivity contribution in [1.82, 2.24) is 9.47 Å². The lowest BCUT2D eigenvalue weighted by Gasteiger charge is -2.32. The van der Waals surface area contributed by atoms with E-state index in [9.17, 15) is 14.4 Å². The van der Waals surface area contributed by atoms with Crippen LogP contribution in [0, 0.1) is 0 Å². The molecule has 3 aromatic rings. The van der Waals surface area contributed by atoms with Gasteiger partial charge in [-0.2, -0.15) is 0 Å². The van der Waals surface area contributed by atoms with Crippen molar-refractivity contribution in [1.29, 1.82) is 0 Å². The molecule has 2 heterocycles. The Morgan fingerprint density at radius 3 is 2.05 bits per heavy atom. The summed E-state index contributed by atoms with van der Waals surface area (Å²) in [5.41, 5.74) is 2.61. The number of aromatic nitrogens is 1. The summed E-state index contributed by atoms with van der Waals surface area (Å²) >= 11 is 0. The third-order valence-corrected chi connectivity index (χ3v) is 7.32. The van der Waals surface area contributed by atoms with Gasteiger partial charge in [0, 0.05) is 23.4 Å². The lowest BCUT2D eigenvalue weighted by molar-refractivity contribution is -0.123. The van der Waals surface area contributed by atoms with E-state index in [2.05, 4.69) is 13.8 Å². The van der Waals surface area contributed by atoms with Crippen LogP contribution >= 0.6 is 0 Å². The Balaban J connectivity index is 1.85. The number of piperidine rings is 1. The standard InChI is InChI=1S/C34H44N2O7/c1-20(2)29-24-17-21(23-15-16-35(19-26(23)37)31(38)42-33(3,4)5)11-13-25(24)36(32(39)43-34(6,7)8)30(29)22-12-14-27(40-9)28(18-22)41-10/h11-14,17-18,20,23H,15-16,19H2,1-10H3. The maximum Gasteiger partial charge on any atom is 0.419 e. The van der Waals surface area contributed by atoms with E-state index in [1.807, 2.05) is 57.2 Å². The molecule has 0 spiro atoms. The largest absolute Gasteiger partial charge is 0.493 e. The van der Waals surface area contributed by atoms with E-state index in [1.165, 1.54) is 4.90 Å². The number of fused-ring (bicyclic) bond motifs is 1. The Bertz CT molecular complexity index is 1540. The first-order valence-corrected chi connectivity index (χ1v) is 14.7. The number of carbonyl (C=O) groups is 3. The fourth-order valence-electron chi connectivity index (χ4n) is 5.56. The summed E-state index contributed by atoms with van der Waals surface area (Å²) in [6, 6.07) is 11.4. The molecule has 9 heteroatoms. The molecular formula is C34H44N2O7. The minimum atomic E-state index is -0.713. The second kappa shape index (κ2) is 11.9. The van der Waals surface area contributed by atoms with Crippen LogP contribution in [0.15, 0.2) is 36.4 Å². The smallest absolute Gasteiger partial charge is 0.419 e. The molecule has 0 radical (unpaired) electrons. The van der Waals surface area contributed by atoms with E-state index in [0.29, 0.717) is 35.7 Å². The number of nitrogens with zero attached hydrogens (tertiary/aromatic N) is 2. The number of ketones is 1. The fourth-order valence-corrected chi connectivity index (χ4v) is 5.56. The van der Waals surface area contributed by atoms with Gasteiger partial charge in [-0.1, -0.05) is 19.9 Å². The molecule has 1 fully saturated rings. The number of hydrogen-bond donors (Lipinski definition) is 0. The summed E-state index contributed by atoms with van der Waals surface area (Å²) in [6.45, 7) is 15.5. The molecule has 1 aliphatic rings. The average Bonchev–Trinajstić information content (AvgIpc) is 3.25. The molecule has 232 valence electrons. The zero-order chi connectivity index (χ0) is 31.9. The number of benzene rings is 2. The summed E-state index contributed by atoms with van der Waals surface area (Å²) in [4.78, 5) is 41.2. The molecule has 0 saturated carbocycles. The van der Waals surface area contributed by atoms with Crippen molar-refractivity contribution in [3.05, 3.63) is 47.5 Å². The van der Waals surface area contributed by atoms with Crippen molar-refractivity contribution < 1.29 is 33.3 Å². The zero-order valence-electron chi connectivity index (χ0n) is 27.0. The van der Waals surface area contributed by atoms with Crippen LogP contribution in [0.1, 0.15) is 84.8 Å². The van der Waals surface area contributed by atoms with Crippen molar-refractivity contribution in [2.45, 2.75) is 84.8 Å². The molecular weight excluding hydrogens is 548 g/mol. The van der Waals surface area contributed by atoms with Gasteiger partial charge in [-0.05, 0) is 95.3 Å². The van der Waals surface area contributed by atoms with Gasteiger partial charge in [0.05, 0.1) is 32.0 Å². The molecule has 1 aromatic heterocycles. The monoisotopic (exact) mass is 592 g/mol. The molecule has 0 N–H and O–H groups in total. The summed E-state index contributed by atoms with van der Waals surface area (Å²) in [7, 11) is 3.15. The number of likely N-dealkylation sites (tertiary alicyclic amines) is 1. The SMILES string of the molecule is COc1ccc(-c2c(C(C)C)c3cc(C4CCN(C(=O)OC(C)(C)C)CC4=O)ccc3n2C(=O)OC(C)(C)C)cc1OC. The van der Waals surface area contributed by atoms with E-state index < -0.39 is 23.4 Å². The number of Topliss-reactive ketones (excluding diaryl/α,β-unsaturated/α-hetero) is 1. The molecule has 1 saturated heterocycles. The Kier molecular flexibility index (Phi) is 8.86. The molecule has 1 aliphatic heterocycles. The van der Waals surface area contributed by atoms with Crippen LogP contribution in [0.25, 0.3) is 22.2 Å². The molecule has 4 rings (SSSR count). The van der Waals surface area contributed by atoms with E-state index >= 15 is 0 Å². The van der Waals surface area contributed by atoms with Crippen molar-refractivity contribution in [2.24, 2.45) is 0 Å². The van der Waals surface area contributed by atoms with Crippen LogP contribution in [0.5, 0.6) is 11.5 Å². The van der Waals surface area contributed by atoms with Crippen LogP contribution in [0.2, 0.25) is 0 Å². The summed E-state index contributed by atoms with van der Waals surface area (Å²) in [5, 5.41) is 0.866. The predicted octanol–water partition coefficient (Wildman–Crippen LogP) is 7.53. The maximum atomic E-state index is 13.8. The Morgan fingerprint density at radius 2 is 1.49 bits per heavy atom. The van der Waals surface area contributed by atoms with Gasteiger partial charge in [-0.15, -0.1) is 0 Å². The Morgan fingerprint density at radius 1 is 0.860 bits per heavy atom. The molecule has 43 heavy (non-hydrogen) atoms. The maximum absolute atomic E-state index is 13.8. The predicted molar refractivity (Wildman–Crippen MR) is 166 cm³/mol. The number of rotatable bonds is 5. The third kappa shape index (κ3) is 6.81. The van der Waals surface area contributed by atoms with Crippen LogP contribution in [0.3, 0.4) is 0 Å². The Labute approximate surface area is 254 Å². The summed E-state index contributed by atoms with van der Waals surface area (Å²) in [6.07, 6.45) is -0.495. The number of hydrogen-bond acceptors (Lipinski definition) is 7. The number of methoxy groups -OCH3 is 2. The van der Waals surface area contributed by atoms with Crippen LogP contribution in [-0.4, -0.2) is 65.9 Å². The zero-order valence-corrected chi connectivity index (χ0v) is 27.0. The highest BCUT2D eigenvalue weighted by atomic mass is 16.6. The number of amides is 1. The van der Waals surface area contributed by atoms with Crippen LogP contribution in [0.4, 0.5) is 9.59 Å². The van der Waals surface area contributed by atoms with Crippen LogP contribution < -0.4 is 9.47 Å². The third-order valence-electron chi connectivity index (χ3n) is 7.32. The molecule has 1 unspecified atom stereocenters. The average molecular weight is 593 g/mol. The number of ether oxygens (including phenoxy) is 4. The van der Waals surface area contributed by atoms with Gasteiger partial charge in [0.2, 0.25) is 0 Å². The second-order valence-electron chi connectivity index (χ2n) is 13.3. The summed E-state index contributed by atoms with van der Waals surface area (Å²) in [5.74, 6) is 0.718. The van der Waals surface area contributed by atoms with E-state index in [4.69, 9.17) is 18.9 Å². The first-order chi connectivity index (χ1) is 20.0. The van der Waals surface area contributed by atoms with Crippen molar-refractivity contribution in [3.63, 3.8) is 0 Å². The normalized spacial score (nSPS) is 16.0. The topological polar surface area (TPSA) is 96.3 Å². The quantitative estimate of drug-likeness (QED) is 0.302. The highest BCUT2D eigenvalue weighted by Gasteiger charge is 2.34. The molecule has 2 aromatic carbocycles. The Hall–Kier alpha value is -4.01. The van der Waals surface area contributed by atoms with Crippen LogP contribution in [-0.2, 0) is 14.3 Å². The minimum Gasteiger partial charge on any atom is -0.493 e. The lowest BCUT2D eigenvalue weighted by Crippen LogP contribution is -2.45. The van der Waals surface area contributed by atoms with Gasteiger partial charge in [-0.25, -0.2) is 14.2 Å². The molecule has 0 bridgehead atoms. The summed E-state index contributed by atoms with van der Waals surface area (Å²) < 4.78 is 24.0. The van der Waals surface area contributed by atoms with Gasteiger partial charge in [0.1, 0.15) is 11.2 Å². The van der Waals surface area contributed by atoms with Crippen molar-refractivity contribution in [2.75, 3.05) is 27.3 Å². The van der Waals surface area contributed by atoms with E-state index in [-0.39, 0.29) is 24.2 Å². The van der Waals surface area contributed by atoms with Gasteiger partial charge in [0.25, 0.3) is 0 Å². The highest BCUT2D eigenvalue weighted by molar-refractivity contribution is 6.01.